The lowest BCUT2D eigenvalue weighted by atomic mass is 9.92. The third-order valence-corrected chi connectivity index (χ3v) is 7.53. The number of rotatable bonds is 5. The number of methoxy groups -OCH3 is 1. The molecule has 1 aliphatic rings. The summed E-state index contributed by atoms with van der Waals surface area (Å²) in [6, 6.07) is 11.8. The van der Waals surface area contributed by atoms with Gasteiger partial charge >= 0.3 is 0 Å². The molecule has 4 rings (SSSR count). The van der Waals surface area contributed by atoms with Crippen molar-refractivity contribution in [1.29, 1.82) is 0 Å². The second kappa shape index (κ2) is 7.60. The van der Waals surface area contributed by atoms with E-state index in [0.717, 1.165) is 11.0 Å². The number of piperidine rings is 1. The van der Waals surface area contributed by atoms with Gasteiger partial charge in [0.1, 0.15) is 10.9 Å². The van der Waals surface area contributed by atoms with Gasteiger partial charge in [-0.15, -0.1) is 0 Å². The predicted octanol–water partition coefficient (Wildman–Crippen LogP) is 2.91. The van der Waals surface area contributed by atoms with Crippen LogP contribution in [0.15, 0.2) is 53.6 Å². The van der Waals surface area contributed by atoms with Gasteiger partial charge in [-0.25, -0.2) is 13.4 Å². The number of fused-ring (bicyclic) bond motifs is 1. The number of pyridine rings is 1. The lowest BCUT2D eigenvalue weighted by molar-refractivity contribution is -0.0185. The number of halogens is 1. The van der Waals surface area contributed by atoms with E-state index in [2.05, 4.69) is 4.98 Å². The van der Waals surface area contributed by atoms with Crippen LogP contribution >= 0.6 is 11.6 Å². The van der Waals surface area contributed by atoms with Crippen molar-refractivity contribution in [3.05, 3.63) is 53.8 Å². The van der Waals surface area contributed by atoms with Crippen LogP contribution in [-0.4, -0.2) is 53.2 Å². The predicted molar refractivity (Wildman–Crippen MR) is 111 cm³/mol. The number of hydrogen-bond donors (Lipinski definition) is 1. The first-order valence-corrected chi connectivity index (χ1v) is 11.1. The van der Waals surface area contributed by atoms with Gasteiger partial charge in [0.15, 0.2) is 0 Å². The lowest BCUT2D eigenvalue weighted by Gasteiger charge is -2.37. The molecule has 1 N–H and O–H groups in total. The molecule has 3 heterocycles. The summed E-state index contributed by atoms with van der Waals surface area (Å²) in [5.41, 5.74) is 0.661. The summed E-state index contributed by atoms with van der Waals surface area (Å²) in [5.74, 6) is 0.603. The Morgan fingerprint density at radius 2 is 1.83 bits per heavy atom. The van der Waals surface area contributed by atoms with E-state index in [9.17, 15) is 13.5 Å². The molecule has 0 radical (unpaired) electrons. The van der Waals surface area contributed by atoms with Crippen LogP contribution in [-0.2, 0) is 16.6 Å². The van der Waals surface area contributed by atoms with Crippen molar-refractivity contribution in [2.45, 2.75) is 29.9 Å². The molecular formula is C20H22ClN3O4S. The zero-order chi connectivity index (χ0) is 20.6. The molecule has 2 aromatic heterocycles. The summed E-state index contributed by atoms with van der Waals surface area (Å²) < 4.78 is 34.2. The van der Waals surface area contributed by atoms with Crippen LogP contribution in [0, 0.1) is 0 Å². The molecule has 154 valence electrons. The Labute approximate surface area is 174 Å². The first kappa shape index (κ1) is 20.2. The van der Waals surface area contributed by atoms with Crippen LogP contribution in [0.3, 0.4) is 0 Å². The lowest BCUT2D eigenvalue weighted by Crippen LogP contribution is -2.48. The number of ether oxygens (including phenoxy) is 1. The molecule has 0 aliphatic carbocycles. The molecule has 9 heteroatoms. The highest BCUT2D eigenvalue weighted by Gasteiger charge is 2.37. The fourth-order valence-electron chi connectivity index (χ4n) is 3.70. The molecule has 3 aromatic rings. The number of nitrogens with zero attached hydrogens (tertiary/aromatic N) is 3. The summed E-state index contributed by atoms with van der Waals surface area (Å²) in [4.78, 5) is 4.49. The highest BCUT2D eigenvalue weighted by Crippen LogP contribution is 2.30. The van der Waals surface area contributed by atoms with Crippen molar-refractivity contribution < 1.29 is 18.3 Å². The fraction of sp³-hybridized carbons (Fsp3) is 0.350. The summed E-state index contributed by atoms with van der Waals surface area (Å²) >= 11 is 5.93. The summed E-state index contributed by atoms with van der Waals surface area (Å²) in [6.07, 6.45) is 2.57. The smallest absolute Gasteiger partial charge is 0.243 e. The third-order valence-electron chi connectivity index (χ3n) is 5.41. The number of hydrogen-bond acceptors (Lipinski definition) is 5. The van der Waals surface area contributed by atoms with Gasteiger partial charge in [-0.05, 0) is 55.3 Å². The van der Waals surface area contributed by atoms with Crippen LogP contribution in [0.2, 0.25) is 5.15 Å². The maximum atomic E-state index is 12.9. The first-order chi connectivity index (χ1) is 13.8. The van der Waals surface area contributed by atoms with Crippen molar-refractivity contribution in [2.24, 2.45) is 0 Å². The Morgan fingerprint density at radius 3 is 2.48 bits per heavy atom. The molecule has 1 aliphatic heterocycles. The molecule has 0 atom stereocenters. The Balaban J connectivity index is 1.47. The highest BCUT2D eigenvalue weighted by atomic mass is 35.5. The normalized spacial score (nSPS) is 17.5. The average Bonchev–Trinajstić information content (AvgIpc) is 3.09. The summed E-state index contributed by atoms with van der Waals surface area (Å²) in [6.45, 7) is 0.887. The molecule has 0 bridgehead atoms. The Bertz CT molecular complexity index is 1120. The van der Waals surface area contributed by atoms with Crippen LogP contribution < -0.4 is 4.74 Å². The zero-order valence-corrected chi connectivity index (χ0v) is 17.5. The number of aliphatic hydroxyl groups is 1. The van der Waals surface area contributed by atoms with E-state index in [0.29, 0.717) is 30.3 Å². The molecular weight excluding hydrogens is 414 g/mol. The van der Waals surface area contributed by atoms with E-state index in [1.807, 2.05) is 22.9 Å². The van der Waals surface area contributed by atoms with Crippen molar-refractivity contribution in [3.63, 3.8) is 0 Å². The fourth-order valence-corrected chi connectivity index (χ4v) is 5.30. The van der Waals surface area contributed by atoms with Gasteiger partial charge < -0.3 is 14.4 Å². The van der Waals surface area contributed by atoms with Gasteiger partial charge in [0, 0.05) is 19.3 Å². The van der Waals surface area contributed by atoms with E-state index in [1.165, 1.54) is 11.4 Å². The van der Waals surface area contributed by atoms with Crippen molar-refractivity contribution >= 4 is 32.7 Å². The molecule has 0 amide bonds. The molecule has 0 spiro atoms. The molecule has 0 unspecified atom stereocenters. The van der Waals surface area contributed by atoms with Gasteiger partial charge in [0.05, 0.1) is 35.2 Å². The minimum atomic E-state index is -3.60. The molecule has 1 fully saturated rings. The average molecular weight is 436 g/mol. The molecule has 29 heavy (non-hydrogen) atoms. The van der Waals surface area contributed by atoms with E-state index < -0.39 is 15.6 Å². The van der Waals surface area contributed by atoms with Crippen molar-refractivity contribution in [2.75, 3.05) is 20.2 Å². The highest BCUT2D eigenvalue weighted by molar-refractivity contribution is 7.89. The van der Waals surface area contributed by atoms with E-state index in [-0.39, 0.29) is 18.0 Å². The number of sulfonamides is 1. The van der Waals surface area contributed by atoms with E-state index >= 15 is 0 Å². The zero-order valence-electron chi connectivity index (χ0n) is 16.0. The standard InChI is InChI=1S/C20H22ClN3O4S/c1-28-15-2-4-16(5-3-15)29(26,27)24-12-9-20(25,10-13-24)14-23-11-8-17-18(23)6-7-19(21)22-17/h2-8,11,25H,9-10,12-14H2,1H3. The Kier molecular flexibility index (Phi) is 5.29. The van der Waals surface area contributed by atoms with Crippen molar-refractivity contribution in [1.82, 2.24) is 13.9 Å². The van der Waals surface area contributed by atoms with E-state index in [1.54, 1.807) is 30.3 Å². The van der Waals surface area contributed by atoms with Crippen LogP contribution in [0.25, 0.3) is 11.0 Å². The van der Waals surface area contributed by atoms with Crippen LogP contribution in [0.4, 0.5) is 0 Å². The Hall–Kier alpha value is -2.13. The second-order valence-corrected chi connectivity index (χ2v) is 9.61. The Morgan fingerprint density at radius 1 is 1.14 bits per heavy atom. The quantitative estimate of drug-likeness (QED) is 0.623. The largest absolute Gasteiger partial charge is 0.497 e. The van der Waals surface area contributed by atoms with Crippen molar-refractivity contribution in [3.8, 4) is 5.75 Å². The first-order valence-electron chi connectivity index (χ1n) is 9.29. The monoisotopic (exact) mass is 435 g/mol. The number of aromatic nitrogens is 2. The maximum absolute atomic E-state index is 12.9. The second-order valence-electron chi connectivity index (χ2n) is 7.29. The SMILES string of the molecule is COc1ccc(S(=O)(=O)N2CCC(O)(Cn3ccc4nc(Cl)ccc43)CC2)cc1. The maximum Gasteiger partial charge on any atom is 0.243 e. The topological polar surface area (TPSA) is 84.7 Å². The molecule has 7 nitrogen and oxygen atoms in total. The number of benzene rings is 1. The minimum absolute atomic E-state index is 0.225. The molecule has 1 aromatic carbocycles. The van der Waals surface area contributed by atoms with E-state index in [4.69, 9.17) is 16.3 Å². The van der Waals surface area contributed by atoms with Gasteiger partial charge in [0.25, 0.3) is 0 Å². The van der Waals surface area contributed by atoms with Gasteiger partial charge in [0.2, 0.25) is 10.0 Å². The van der Waals surface area contributed by atoms with Crippen LogP contribution in [0.5, 0.6) is 5.75 Å². The summed E-state index contributed by atoms with van der Waals surface area (Å²) in [7, 11) is -2.07. The molecule has 0 saturated carbocycles. The van der Waals surface area contributed by atoms with Gasteiger partial charge in [-0.3, -0.25) is 0 Å². The summed E-state index contributed by atoms with van der Waals surface area (Å²) in [5, 5.41) is 11.5. The minimum Gasteiger partial charge on any atom is -0.497 e. The van der Waals surface area contributed by atoms with Gasteiger partial charge in [-0.1, -0.05) is 11.6 Å². The van der Waals surface area contributed by atoms with Gasteiger partial charge in [-0.2, -0.15) is 4.31 Å². The third kappa shape index (κ3) is 3.98. The molecule has 1 saturated heterocycles. The van der Waals surface area contributed by atoms with Crippen LogP contribution in [0.1, 0.15) is 12.8 Å².